The number of benzene rings is 1. The number of rotatable bonds is 4. The first kappa shape index (κ1) is 13.9. The van der Waals surface area contributed by atoms with Crippen LogP contribution < -0.4 is 5.32 Å². The molecule has 0 fully saturated rings. The predicted octanol–water partition coefficient (Wildman–Crippen LogP) is 2.19. The minimum Gasteiger partial charge on any atom is -0.452 e. The third kappa shape index (κ3) is 4.37. The molecule has 96 valence electrons. The minimum atomic E-state index is -0.594. The Kier molecular flexibility index (Phi) is 5.05. The second-order valence-corrected chi connectivity index (χ2v) is 3.62. The zero-order valence-electron chi connectivity index (χ0n) is 10.2. The number of allylic oxidation sites excluding steroid dienone is 1. The van der Waals surface area contributed by atoms with E-state index in [1.54, 1.807) is 19.9 Å². The van der Waals surface area contributed by atoms with Crippen molar-refractivity contribution in [2.75, 3.05) is 11.9 Å². The number of ether oxygens (including phenoxy) is 1. The minimum absolute atomic E-state index is 0.363. The van der Waals surface area contributed by atoms with Gasteiger partial charge in [-0.25, -0.2) is 9.18 Å². The fourth-order valence-corrected chi connectivity index (χ4v) is 1.24. The van der Waals surface area contributed by atoms with Crippen LogP contribution in [0.4, 0.5) is 10.1 Å². The highest BCUT2D eigenvalue weighted by Gasteiger charge is 2.07. The molecular weight excluding hydrogens is 237 g/mol. The van der Waals surface area contributed by atoms with Crippen molar-refractivity contribution in [1.82, 2.24) is 0 Å². The van der Waals surface area contributed by atoms with Crippen LogP contribution in [0.25, 0.3) is 0 Å². The van der Waals surface area contributed by atoms with Crippen molar-refractivity contribution in [1.29, 1.82) is 0 Å². The Bertz CT molecular complexity index is 483. The van der Waals surface area contributed by atoms with Crippen LogP contribution in [0.2, 0.25) is 0 Å². The van der Waals surface area contributed by atoms with E-state index in [0.29, 0.717) is 5.69 Å². The molecule has 18 heavy (non-hydrogen) atoms. The second-order valence-electron chi connectivity index (χ2n) is 3.62. The van der Waals surface area contributed by atoms with E-state index >= 15 is 0 Å². The molecule has 0 aliphatic heterocycles. The number of carbonyl (C=O) groups is 2. The molecule has 0 bridgehead atoms. The highest BCUT2D eigenvalue weighted by molar-refractivity contribution is 5.94. The summed E-state index contributed by atoms with van der Waals surface area (Å²) in [5.41, 5.74) is 1.09. The van der Waals surface area contributed by atoms with Gasteiger partial charge in [0.15, 0.2) is 6.61 Å². The number of amides is 1. The Morgan fingerprint density at radius 2 is 2.17 bits per heavy atom. The average Bonchev–Trinajstić information content (AvgIpc) is 2.32. The van der Waals surface area contributed by atoms with Gasteiger partial charge in [0.2, 0.25) is 0 Å². The zero-order valence-corrected chi connectivity index (χ0v) is 10.2. The molecule has 1 amide bonds. The first-order valence-corrected chi connectivity index (χ1v) is 5.38. The van der Waals surface area contributed by atoms with Gasteiger partial charge >= 0.3 is 5.97 Å². The SMILES string of the molecule is C/C=C/C(=O)OCC(=O)Nc1cc(F)ccc1C. The van der Waals surface area contributed by atoms with E-state index in [9.17, 15) is 14.0 Å². The lowest BCUT2D eigenvalue weighted by Gasteiger charge is -2.08. The van der Waals surface area contributed by atoms with Crippen molar-refractivity contribution in [3.63, 3.8) is 0 Å². The summed E-state index contributed by atoms with van der Waals surface area (Å²) >= 11 is 0. The molecule has 0 saturated carbocycles. The van der Waals surface area contributed by atoms with Crippen LogP contribution >= 0.6 is 0 Å². The van der Waals surface area contributed by atoms with Crippen molar-refractivity contribution < 1.29 is 18.7 Å². The first-order valence-electron chi connectivity index (χ1n) is 5.38. The summed E-state index contributed by atoms with van der Waals surface area (Å²) in [6.07, 6.45) is 2.72. The third-order valence-electron chi connectivity index (χ3n) is 2.12. The molecule has 0 aliphatic rings. The van der Waals surface area contributed by atoms with Crippen LogP contribution in [-0.4, -0.2) is 18.5 Å². The molecular formula is C13H14FNO3. The summed E-state index contributed by atoms with van der Waals surface area (Å²) in [6, 6.07) is 4.06. The maximum Gasteiger partial charge on any atom is 0.330 e. The van der Waals surface area contributed by atoms with Gasteiger partial charge in [0.05, 0.1) is 0 Å². The van der Waals surface area contributed by atoms with Gasteiger partial charge in [0, 0.05) is 11.8 Å². The smallest absolute Gasteiger partial charge is 0.330 e. The molecule has 4 nitrogen and oxygen atoms in total. The summed E-state index contributed by atoms with van der Waals surface area (Å²) in [5, 5.41) is 2.47. The zero-order chi connectivity index (χ0) is 13.5. The predicted molar refractivity (Wildman–Crippen MR) is 65.5 cm³/mol. The Morgan fingerprint density at radius 3 is 2.83 bits per heavy atom. The van der Waals surface area contributed by atoms with Gasteiger partial charge in [-0.05, 0) is 31.5 Å². The van der Waals surface area contributed by atoms with Gasteiger partial charge in [-0.15, -0.1) is 0 Å². The molecule has 0 saturated heterocycles. The topological polar surface area (TPSA) is 55.4 Å². The molecule has 0 aromatic heterocycles. The molecule has 0 radical (unpaired) electrons. The van der Waals surface area contributed by atoms with E-state index in [1.807, 2.05) is 0 Å². The molecule has 0 atom stereocenters. The fraction of sp³-hybridized carbons (Fsp3) is 0.231. The number of hydrogen-bond acceptors (Lipinski definition) is 3. The van der Waals surface area contributed by atoms with Crippen molar-refractivity contribution in [3.8, 4) is 0 Å². The van der Waals surface area contributed by atoms with Crippen LogP contribution in [0.5, 0.6) is 0 Å². The van der Waals surface area contributed by atoms with Crippen LogP contribution in [0, 0.1) is 12.7 Å². The number of halogens is 1. The molecule has 0 heterocycles. The number of carbonyl (C=O) groups excluding carboxylic acids is 2. The van der Waals surface area contributed by atoms with Gasteiger partial charge in [-0.2, -0.15) is 0 Å². The van der Waals surface area contributed by atoms with Crippen LogP contribution in [0.15, 0.2) is 30.4 Å². The monoisotopic (exact) mass is 251 g/mol. The van der Waals surface area contributed by atoms with Gasteiger partial charge in [0.25, 0.3) is 5.91 Å². The summed E-state index contributed by atoms with van der Waals surface area (Å²) in [6.45, 7) is 3.00. The Balaban J connectivity index is 2.54. The number of esters is 1. The van der Waals surface area contributed by atoms with E-state index < -0.39 is 24.3 Å². The maximum absolute atomic E-state index is 13.0. The molecule has 0 unspecified atom stereocenters. The number of nitrogens with one attached hydrogen (secondary N) is 1. The van der Waals surface area contributed by atoms with E-state index in [2.05, 4.69) is 10.1 Å². The van der Waals surface area contributed by atoms with E-state index in [4.69, 9.17) is 0 Å². The van der Waals surface area contributed by atoms with Crippen molar-refractivity contribution in [2.24, 2.45) is 0 Å². The Labute approximate surface area is 104 Å². The lowest BCUT2D eigenvalue weighted by atomic mass is 10.2. The number of anilines is 1. The van der Waals surface area contributed by atoms with Crippen LogP contribution in [0.1, 0.15) is 12.5 Å². The first-order chi connectivity index (χ1) is 8.52. The van der Waals surface area contributed by atoms with Crippen LogP contribution in [0.3, 0.4) is 0 Å². The van der Waals surface area contributed by atoms with Crippen molar-refractivity contribution in [3.05, 3.63) is 41.7 Å². The largest absolute Gasteiger partial charge is 0.452 e. The van der Waals surface area contributed by atoms with E-state index in [1.165, 1.54) is 24.3 Å². The Hall–Kier alpha value is -2.17. The second kappa shape index (κ2) is 6.54. The summed E-state index contributed by atoms with van der Waals surface area (Å²) in [7, 11) is 0. The Morgan fingerprint density at radius 1 is 1.44 bits per heavy atom. The molecule has 0 spiro atoms. The lowest BCUT2D eigenvalue weighted by Crippen LogP contribution is -2.20. The highest BCUT2D eigenvalue weighted by Crippen LogP contribution is 2.15. The number of hydrogen-bond donors (Lipinski definition) is 1. The van der Waals surface area contributed by atoms with Gasteiger partial charge < -0.3 is 10.1 Å². The average molecular weight is 251 g/mol. The lowest BCUT2D eigenvalue weighted by molar-refractivity contribution is -0.142. The molecule has 5 heteroatoms. The standard InChI is InChI=1S/C13H14FNO3/c1-3-4-13(17)18-8-12(16)15-11-7-10(14)6-5-9(11)2/h3-7H,8H2,1-2H3,(H,15,16)/b4-3+. The number of aryl methyl sites for hydroxylation is 1. The third-order valence-corrected chi connectivity index (χ3v) is 2.12. The maximum atomic E-state index is 13.0. The van der Waals surface area contributed by atoms with Crippen LogP contribution in [-0.2, 0) is 14.3 Å². The van der Waals surface area contributed by atoms with Crippen molar-refractivity contribution >= 4 is 17.6 Å². The van der Waals surface area contributed by atoms with Gasteiger partial charge in [0.1, 0.15) is 5.82 Å². The molecule has 1 aromatic carbocycles. The quantitative estimate of drug-likeness (QED) is 0.659. The normalized spacial score (nSPS) is 10.4. The summed E-state index contributed by atoms with van der Waals surface area (Å²) < 4.78 is 17.6. The van der Waals surface area contributed by atoms with Gasteiger partial charge in [-0.1, -0.05) is 12.1 Å². The van der Waals surface area contributed by atoms with E-state index in [-0.39, 0.29) is 0 Å². The molecule has 1 rings (SSSR count). The molecule has 1 N–H and O–H groups in total. The van der Waals surface area contributed by atoms with Crippen molar-refractivity contribution in [2.45, 2.75) is 13.8 Å². The van der Waals surface area contributed by atoms with Gasteiger partial charge in [-0.3, -0.25) is 4.79 Å². The fourth-order valence-electron chi connectivity index (χ4n) is 1.24. The summed E-state index contributed by atoms with van der Waals surface area (Å²) in [5.74, 6) is -1.55. The molecule has 1 aromatic rings. The summed E-state index contributed by atoms with van der Waals surface area (Å²) in [4.78, 5) is 22.4. The molecule has 0 aliphatic carbocycles. The highest BCUT2D eigenvalue weighted by atomic mass is 19.1. The van der Waals surface area contributed by atoms with E-state index in [0.717, 1.165) is 5.56 Å².